The lowest BCUT2D eigenvalue weighted by atomic mass is 10.0. The first kappa shape index (κ1) is 5.23. The number of rotatable bonds is 0. The Morgan fingerprint density at radius 2 is 2.56 bits per heavy atom. The standard InChI is InChI=1S/C6H9NO2/c1-4-5-2-9-7-6(5)3-8-4/h4-5H,2-3H2,1H3. The van der Waals surface area contributed by atoms with Gasteiger partial charge in [0, 0.05) is 0 Å². The normalized spacial score (nSPS) is 39.9. The summed E-state index contributed by atoms with van der Waals surface area (Å²) >= 11 is 0. The van der Waals surface area contributed by atoms with E-state index in [1.807, 2.05) is 0 Å². The Bertz CT molecular complexity index is 155. The minimum Gasteiger partial charge on any atom is -0.395 e. The SMILES string of the molecule is CC1OCC2=NOCC21. The highest BCUT2D eigenvalue weighted by Gasteiger charge is 2.35. The molecule has 2 atom stereocenters. The summed E-state index contributed by atoms with van der Waals surface area (Å²) in [5.74, 6) is 0.449. The summed E-state index contributed by atoms with van der Waals surface area (Å²) in [6, 6.07) is 0. The minimum atomic E-state index is 0.311. The predicted molar refractivity (Wildman–Crippen MR) is 32.3 cm³/mol. The molecule has 3 nitrogen and oxygen atoms in total. The van der Waals surface area contributed by atoms with Crippen molar-refractivity contribution in [3.8, 4) is 0 Å². The Balaban J connectivity index is 2.20. The van der Waals surface area contributed by atoms with Crippen LogP contribution in [0.15, 0.2) is 5.16 Å². The lowest BCUT2D eigenvalue weighted by molar-refractivity contribution is 0.0623. The van der Waals surface area contributed by atoms with Crippen molar-refractivity contribution in [1.82, 2.24) is 0 Å². The molecule has 0 aliphatic carbocycles. The van der Waals surface area contributed by atoms with Crippen LogP contribution >= 0.6 is 0 Å². The fourth-order valence-corrected chi connectivity index (χ4v) is 1.24. The van der Waals surface area contributed by atoms with Gasteiger partial charge in [-0.1, -0.05) is 5.16 Å². The average Bonchev–Trinajstić information content (AvgIpc) is 2.35. The molecule has 1 saturated heterocycles. The van der Waals surface area contributed by atoms with Crippen LogP contribution in [-0.4, -0.2) is 25.0 Å². The molecule has 0 bridgehead atoms. The zero-order chi connectivity index (χ0) is 6.27. The van der Waals surface area contributed by atoms with Crippen LogP contribution in [0.1, 0.15) is 6.92 Å². The molecule has 0 spiro atoms. The Hall–Kier alpha value is -0.570. The molecular weight excluding hydrogens is 118 g/mol. The molecule has 0 aromatic rings. The molecule has 2 aliphatic heterocycles. The van der Waals surface area contributed by atoms with E-state index >= 15 is 0 Å². The van der Waals surface area contributed by atoms with Gasteiger partial charge in [0.2, 0.25) is 0 Å². The first-order chi connectivity index (χ1) is 4.38. The minimum absolute atomic E-state index is 0.311. The molecular formula is C6H9NO2. The van der Waals surface area contributed by atoms with E-state index in [9.17, 15) is 0 Å². The van der Waals surface area contributed by atoms with Crippen molar-refractivity contribution < 1.29 is 9.57 Å². The Labute approximate surface area is 53.6 Å². The molecule has 0 saturated carbocycles. The van der Waals surface area contributed by atoms with Gasteiger partial charge < -0.3 is 9.57 Å². The van der Waals surface area contributed by atoms with Gasteiger partial charge in [-0.3, -0.25) is 0 Å². The van der Waals surface area contributed by atoms with Crippen LogP contribution in [0.3, 0.4) is 0 Å². The van der Waals surface area contributed by atoms with Gasteiger partial charge in [0.1, 0.15) is 6.61 Å². The zero-order valence-corrected chi connectivity index (χ0v) is 5.33. The lowest BCUT2D eigenvalue weighted by Crippen LogP contribution is -2.17. The molecule has 3 heteroatoms. The van der Waals surface area contributed by atoms with E-state index in [-0.39, 0.29) is 0 Å². The number of oxime groups is 1. The topological polar surface area (TPSA) is 30.8 Å². The van der Waals surface area contributed by atoms with Gasteiger partial charge in [0.05, 0.1) is 24.3 Å². The average molecular weight is 127 g/mol. The largest absolute Gasteiger partial charge is 0.395 e. The molecule has 0 aromatic carbocycles. The second-order valence-electron chi connectivity index (χ2n) is 2.50. The van der Waals surface area contributed by atoms with E-state index in [0.717, 1.165) is 12.3 Å². The Morgan fingerprint density at radius 3 is 3.33 bits per heavy atom. The van der Waals surface area contributed by atoms with Crippen molar-refractivity contribution in [3.05, 3.63) is 0 Å². The third kappa shape index (κ3) is 0.645. The molecule has 0 amide bonds. The molecule has 2 heterocycles. The van der Waals surface area contributed by atoms with Crippen molar-refractivity contribution in [2.45, 2.75) is 13.0 Å². The summed E-state index contributed by atoms with van der Waals surface area (Å²) in [4.78, 5) is 4.89. The number of fused-ring (bicyclic) bond motifs is 1. The number of hydrogen-bond donors (Lipinski definition) is 0. The number of nitrogens with zero attached hydrogens (tertiary/aromatic N) is 1. The summed E-state index contributed by atoms with van der Waals surface area (Å²) < 4.78 is 5.31. The quantitative estimate of drug-likeness (QED) is 0.471. The van der Waals surface area contributed by atoms with Crippen molar-refractivity contribution in [2.24, 2.45) is 11.1 Å². The third-order valence-electron chi connectivity index (χ3n) is 1.92. The Kier molecular flexibility index (Phi) is 0.990. The van der Waals surface area contributed by atoms with Crippen LogP contribution < -0.4 is 0 Å². The maximum atomic E-state index is 5.31. The number of hydrogen-bond acceptors (Lipinski definition) is 3. The van der Waals surface area contributed by atoms with Crippen LogP contribution in [0.4, 0.5) is 0 Å². The molecule has 2 unspecified atom stereocenters. The molecule has 0 radical (unpaired) electrons. The monoisotopic (exact) mass is 127 g/mol. The molecule has 1 fully saturated rings. The summed E-state index contributed by atoms with van der Waals surface area (Å²) in [7, 11) is 0. The molecule has 50 valence electrons. The fraction of sp³-hybridized carbons (Fsp3) is 0.833. The van der Waals surface area contributed by atoms with Crippen LogP contribution in [-0.2, 0) is 9.57 Å². The predicted octanol–water partition coefficient (Wildman–Crippen LogP) is 0.407. The second-order valence-corrected chi connectivity index (χ2v) is 2.50. The Morgan fingerprint density at radius 1 is 1.67 bits per heavy atom. The van der Waals surface area contributed by atoms with E-state index in [1.54, 1.807) is 0 Å². The van der Waals surface area contributed by atoms with E-state index < -0.39 is 0 Å². The maximum absolute atomic E-state index is 5.31. The van der Waals surface area contributed by atoms with E-state index in [1.165, 1.54) is 0 Å². The number of ether oxygens (including phenoxy) is 1. The van der Waals surface area contributed by atoms with Gasteiger partial charge in [-0.05, 0) is 6.92 Å². The molecule has 2 aliphatic rings. The highest BCUT2D eigenvalue weighted by molar-refractivity contribution is 5.90. The second kappa shape index (κ2) is 1.70. The fourth-order valence-electron chi connectivity index (χ4n) is 1.24. The smallest absolute Gasteiger partial charge is 0.127 e. The van der Waals surface area contributed by atoms with Crippen molar-refractivity contribution >= 4 is 5.71 Å². The maximum Gasteiger partial charge on any atom is 0.127 e. The highest BCUT2D eigenvalue weighted by Crippen LogP contribution is 2.22. The summed E-state index contributed by atoms with van der Waals surface area (Å²) in [5.41, 5.74) is 1.09. The lowest BCUT2D eigenvalue weighted by Gasteiger charge is -2.05. The molecule has 9 heavy (non-hydrogen) atoms. The highest BCUT2D eigenvalue weighted by atomic mass is 16.6. The first-order valence-corrected chi connectivity index (χ1v) is 3.18. The molecule has 0 aromatic heterocycles. The molecule has 2 rings (SSSR count). The van der Waals surface area contributed by atoms with Gasteiger partial charge >= 0.3 is 0 Å². The third-order valence-corrected chi connectivity index (χ3v) is 1.92. The van der Waals surface area contributed by atoms with Crippen molar-refractivity contribution in [3.63, 3.8) is 0 Å². The van der Waals surface area contributed by atoms with Gasteiger partial charge in [-0.2, -0.15) is 0 Å². The first-order valence-electron chi connectivity index (χ1n) is 3.18. The summed E-state index contributed by atoms with van der Waals surface area (Å²) in [6.07, 6.45) is 0.311. The van der Waals surface area contributed by atoms with Crippen molar-refractivity contribution in [2.75, 3.05) is 13.2 Å². The van der Waals surface area contributed by atoms with Crippen LogP contribution in [0.5, 0.6) is 0 Å². The van der Waals surface area contributed by atoms with Gasteiger partial charge in [0.15, 0.2) is 0 Å². The summed E-state index contributed by atoms with van der Waals surface area (Å²) in [6.45, 7) is 3.45. The van der Waals surface area contributed by atoms with Gasteiger partial charge in [-0.25, -0.2) is 0 Å². The zero-order valence-electron chi connectivity index (χ0n) is 5.33. The van der Waals surface area contributed by atoms with Crippen molar-refractivity contribution in [1.29, 1.82) is 0 Å². The van der Waals surface area contributed by atoms with E-state index in [4.69, 9.17) is 9.57 Å². The van der Waals surface area contributed by atoms with Crippen LogP contribution in [0, 0.1) is 5.92 Å². The van der Waals surface area contributed by atoms with Crippen LogP contribution in [0.2, 0.25) is 0 Å². The summed E-state index contributed by atoms with van der Waals surface area (Å²) in [5, 5.41) is 3.84. The van der Waals surface area contributed by atoms with Gasteiger partial charge in [-0.15, -0.1) is 0 Å². The van der Waals surface area contributed by atoms with E-state index in [2.05, 4.69) is 12.1 Å². The van der Waals surface area contributed by atoms with Gasteiger partial charge in [0.25, 0.3) is 0 Å². The molecule has 0 N–H and O–H groups in total. The van der Waals surface area contributed by atoms with E-state index in [0.29, 0.717) is 18.6 Å². The van der Waals surface area contributed by atoms with Crippen LogP contribution in [0.25, 0.3) is 0 Å².